The predicted octanol–water partition coefficient (Wildman–Crippen LogP) is 3.71. The third kappa shape index (κ3) is 3.99. The van der Waals surface area contributed by atoms with Crippen molar-refractivity contribution >= 4 is 26.3 Å². The summed E-state index contributed by atoms with van der Waals surface area (Å²) in [6.45, 7) is 2.11. The van der Waals surface area contributed by atoms with Crippen LogP contribution >= 0.6 is 0 Å². The molecule has 9 nitrogen and oxygen atoms in total. The zero-order chi connectivity index (χ0) is 25.8. The van der Waals surface area contributed by atoms with E-state index in [1.54, 1.807) is 0 Å². The first-order chi connectivity index (χ1) is 15.6. The van der Waals surface area contributed by atoms with Gasteiger partial charge in [-0.05, 0) is 18.6 Å². The molecular weight excluding hydrogens is 501 g/mol. The number of rotatable bonds is 4. The highest BCUT2D eigenvalue weighted by atomic mass is 32.2. The van der Waals surface area contributed by atoms with Crippen molar-refractivity contribution in [2.24, 2.45) is 11.3 Å². The van der Waals surface area contributed by atoms with Crippen LogP contribution in [0, 0.1) is 34.0 Å². The summed E-state index contributed by atoms with van der Waals surface area (Å²) in [5, 5.41) is 16.9. The molecule has 180 valence electrons. The van der Waals surface area contributed by atoms with Crippen LogP contribution in [0.2, 0.25) is 0 Å². The van der Waals surface area contributed by atoms with E-state index < -0.39 is 76.6 Å². The molecule has 0 aliphatic heterocycles. The normalized spacial score (nSPS) is 27.1. The largest absolute Gasteiger partial charge is 0.451 e. The number of allylic oxidation sites excluding steroid dienone is 3. The molecule has 1 aromatic carbocycles. The van der Waals surface area contributed by atoms with Crippen LogP contribution in [0.4, 0.5) is 13.2 Å². The Morgan fingerprint density at radius 2 is 1.74 bits per heavy atom. The van der Waals surface area contributed by atoms with E-state index in [4.69, 9.17) is 4.74 Å². The van der Waals surface area contributed by atoms with Crippen LogP contribution in [-0.2, 0) is 20.2 Å². The summed E-state index contributed by atoms with van der Waals surface area (Å²) in [4.78, 5) is -0.849. The first-order valence-corrected chi connectivity index (χ1v) is 12.3. The van der Waals surface area contributed by atoms with E-state index in [1.807, 2.05) is 0 Å². The maximum Gasteiger partial charge on any atom is 0.294 e. The fourth-order valence-electron chi connectivity index (χ4n) is 3.75. The summed E-state index contributed by atoms with van der Waals surface area (Å²) in [5.41, 5.74) is -2.69. The molecule has 1 aromatic rings. The van der Waals surface area contributed by atoms with Gasteiger partial charge in [-0.3, -0.25) is 9.11 Å². The van der Waals surface area contributed by atoms with Crippen LogP contribution in [0.25, 0.3) is 6.08 Å². The molecule has 0 bridgehead atoms. The van der Waals surface area contributed by atoms with E-state index in [0.29, 0.717) is 6.07 Å². The van der Waals surface area contributed by atoms with Gasteiger partial charge in [-0.2, -0.15) is 31.7 Å². The fourth-order valence-corrected chi connectivity index (χ4v) is 5.22. The summed E-state index contributed by atoms with van der Waals surface area (Å²) in [5.74, 6) is -10.6. The van der Waals surface area contributed by atoms with Gasteiger partial charge >= 0.3 is 0 Å². The smallest absolute Gasteiger partial charge is 0.294 e. The second kappa shape index (κ2) is 8.25. The van der Waals surface area contributed by atoms with Crippen LogP contribution in [0.15, 0.2) is 46.3 Å². The van der Waals surface area contributed by atoms with E-state index in [9.17, 15) is 45.2 Å². The minimum atomic E-state index is -4.95. The van der Waals surface area contributed by atoms with Gasteiger partial charge in [0.25, 0.3) is 20.2 Å². The predicted molar refractivity (Wildman–Crippen MR) is 110 cm³/mol. The molecule has 0 saturated carbocycles. The average molecular weight is 516 g/mol. The Labute approximate surface area is 192 Å². The minimum Gasteiger partial charge on any atom is -0.451 e. The van der Waals surface area contributed by atoms with Crippen LogP contribution in [-0.4, -0.2) is 31.2 Å². The average Bonchev–Trinajstić information content (AvgIpc) is 2.74. The molecule has 14 heteroatoms. The summed E-state index contributed by atoms with van der Waals surface area (Å²) in [6, 6.07) is 4.26. The molecule has 0 heterocycles. The number of halogens is 3. The van der Waals surface area contributed by atoms with Crippen LogP contribution in [0.3, 0.4) is 0 Å². The van der Waals surface area contributed by atoms with Crippen LogP contribution < -0.4 is 4.74 Å². The number of fused-ring (bicyclic) bond motifs is 1. The molecular formula is C20H15F3N2O7S2. The molecule has 0 aromatic heterocycles. The molecule has 0 spiro atoms. The van der Waals surface area contributed by atoms with Crippen molar-refractivity contribution in [3.8, 4) is 17.9 Å². The minimum absolute atomic E-state index is 0.0876. The zero-order valence-corrected chi connectivity index (χ0v) is 19.0. The molecule has 34 heavy (non-hydrogen) atoms. The van der Waals surface area contributed by atoms with Gasteiger partial charge in [0.2, 0.25) is 5.83 Å². The molecule has 0 amide bonds. The molecule has 2 aliphatic rings. The number of hydrogen-bond acceptors (Lipinski definition) is 7. The third-order valence-corrected chi connectivity index (χ3v) is 7.78. The molecule has 0 saturated heterocycles. The number of nitriles is 2. The van der Waals surface area contributed by atoms with E-state index in [1.165, 1.54) is 19.1 Å². The van der Waals surface area contributed by atoms with Crippen molar-refractivity contribution in [2.45, 2.75) is 29.9 Å². The van der Waals surface area contributed by atoms with E-state index in [2.05, 4.69) is 0 Å². The molecule has 0 fully saturated rings. The monoisotopic (exact) mass is 516 g/mol. The van der Waals surface area contributed by atoms with Crippen molar-refractivity contribution in [3.63, 3.8) is 0 Å². The van der Waals surface area contributed by atoms with Gasteiger partial charge in [0.1, 0.15) is 22.3 Å². The van der Waals surface area contributed by atoms with Crippen LogP contribution in [0.5, 0.6) is 5.75 Å². The van der Waals surface area contributed by atoms with Gasteiger partial charge in [-0.25, -0.2) is 8.78 Å². The summed E-state index contributed by atoms with van der Waals surface area (Å²) in [6.07, 6.45) is 2.09. The Bertz CT molecular complexity index is 1480. The number of nitrogens with zero attached hydrogens (tertiary/aromatic N) is 2. The van der Waals surface area contributed by atoms with E-state index >= 15 is 4.39 Å². The Hall–Kier alpha value is -3.17. The standard InChI is InChI=1S/C20H15F3N2O7S2/c1-9-12-5-10(33(26,27)28)6-14(11(12)3-4-15(9)34(29,30)31)32-18-16(21)13(7-24)20(2,8-25)19(23)17(18)22/h3-6,9,13,15H,1-2H3,(H,26,27,28)(H,29,30,31). The van der Waals surface area contributed by atoms with Crippen LogP contribution in [0.1, 0.15) is 30.9 Å². The lowest BCUT2D eigenvalue weighted by Crippen LogP contribution is -2.32. The highest BCUT2D eigenvalue weighted by Crippen LogP contribution is 2.50. The molecule has 4 atom stereocenters. The van der Waals surface area contributed by atoms with E-state index in [-0.39, 0.29) is 11.1 Å². The second-order valence-corrected chi connectivity index (χ2v) is 10.8. The summed E-state index contributed by atoms with van der Waals surface area (Å²) in [7, 11) is -9.60. The Morgan fingerprint density at radius 3 is 2.24 bits per heavy atom. The molecule has 3 rings (SSSR count). The van der Waals surface area contributed by atoms with Gasteiger partial charge in [0.15, 0.2) is 17.4 Å². The Balaban J connectivity index is 2.27. The first-order valence-electron chi connectivity index (χ1n) is 9.32. The number of hydrogen-bond donors (Lipinski definition) is 2. The van der Waals surface area contributed by atoms with E-state index in [0.717, 1.165) is 25.1 Å². The quantitative estimate of drug-likeness (QED) is 0.567. The maximum absolute atomic E-state index is 15.0. The fraction of sp³-hybridized carbons (Fsp3) is 0.300. The second-order valence-electron chi connectivity index (χ2n) is 7.81. The lowest BCUT2D eigenvalue weighted by atomic mass is 9.74. The molecule has 2 aliphatic carbocycles. The molecule has 0 radical (unpaired) electrons. The van der Waals surface area contributed by atoms with Crippen molar-refractivity contribution < 1.29 is 43.8 Å². The summed E-state index contributed by atoms with van der Waals surface area (Å²) >= 11 is 0. The lowest BCUT2D eigenvalue weighted by Gasteiger charge is -2.30. The van der Waals surface area contributed by atoms with Crippen molar-refractivity contribution in [3.05, 3.63) is 52.6 Å². The van der Waals surface area contributed by atoms with Gasteiger partial charge in [0, 0.05) is 17.5 Å². The highest BCUT2D eigenvalue weighted by molar-refractivity contribution is 7.86. The van der Waals surface area contributed by atoms with Gasteiger partial charge < -0.3 is 4.74 Å². The van der Waals surface area contributed by atoms with Gasteiger partial charge in [-0.1, -0.05) is 19.1 Å². The SMILES string of the molecule is CC1c2cc(S(=O)(=O)O)cc(OC3=C(F)C(C#N)C(C)(C#N)C(F)=C3F)c2C=CC1S(=O)(=O)O. The lowest BCUT2D eigenvalue weighted by molar-refractivity contribution is 0.246. The summed E-state index contributed by atoms with van der Waals surface area (Å²) < 4.78 is 115. The van der Waals surface area contributed by atoms with Crippen molar-refractivity contribution in [1.82, 2.24) is 0 Å². The number of ether oxygens (including phenoxy) is 1. The van der Waals surface area contributed by atoms with Crippen molar-refractivity contribution in [2.75, 3.05) is 0 Å². The third-order valence-electron chi connectivity index (χ3n) is 5.69. The first kappa shape index (κ1) is 25.5. The zero-order valence-electron chi connectivity index (χ0n) is 17.3. The van der Waals surface area contributed by atoms with Crippen molar-refractivity contribution in [1.29, 1.82) is 10.5 Å². The Morgan fingerprint density at radius 1 is 1.12 bits per heavy atom. The highest BCUT2D eigenvalue weighted by Gasteiger charge is 2.51. The Kier molecular flexibility index (Phi) is 6.17. The van der Waals surface area contributed by atoms with Gasteiger partial charge in [0.05, 0.1) is 17.0 Å². The molecule has 2 N–H and O–H groups in total. The topological polar surface area (TPSA) is 166 Å². The maximum atomic E-state index is 15.0. The van der Waals surface area contributed by atoms with Gasteiger partial charge in [-0.15, -0.1) is 0 Å². The molecule has 4 unspecified atom stereocenters. The number of benzene rings is 1.